The SMILES string of the molecule is CCOc1cc2nc(CC3CC3)cn2cc1NC(=O)c1cccc(C(F)(F)F)n1. The predicted molar refractivity (Wildman–Crippen MR) is 100.0 cm³/mol. The van der Waals surface area contributed by atoms with E-state index in [1.165, 1.54) is 18.9 Å². The van der Waals surface area contributed by atoms with Crippen LogP contribution < -0.4 is 10.1 Å². The monoisotopic (exact) mass is 404 g/mol. The summed E-state index contributed by atoms with van der Waals surface area (Å²) in [5, 5.41) is 2.60. The van der Waals surface area contributed by atoms with Crippen molar-refractivity contribution in [1.29, 1.82) is 0 Å². The van der Waals surface area contributed by atoms with Gasteiger partial charge < -0.3 is 14.5 Å². The Morgan fingerprint density at radius 3 is 2.76 bits per heavy atom. The minimum Gasteiger partial charge on any atom is -0.491 e. The highest BCUT2D eigenvalue weighted by atomic mass is 19.4. The number of aromatic nitrogens is 3. The van der Waals surface area contributed by atoms with Gasteiger partial charge in [-0.1, -0.05) is 6.07 Å². The van der Waals surface area contributed by atoms with Gasteiger partial charge in [0.2, 0.25) is 0 Å². The van der Waals surface area contributed by atoms with Gasteiger partial charge >= 0.3 is 6.18 Å². The highest BCUT2D eigenvalue weighted by molar-refractivity contribution is 6.03. The van der Waals surface area contributed by atoms with Crippen molar-refractivity contribution in [2.75, 3.05) is 11.9 Å². The van der Waals surface area contributed by atoms with Crippen LogP contribution in [0.2, 0.25) is 0 Å². The predicted octanol–water partition coefficient (Wildman–Crippen LogP) is 4.35. The number of ether oxygens (including phenoxy) is 1. The molecule has 1 amide bonds. The van der Waals surface area contributed by atoms with Crippen LogP contribution in [0.25, 0.3) is 5.65 Å². The number of carbonyl (C=O) groups excluding carboxylic acids is 1. The van der Waals surface area contributed by atoms with Gasteiger partial charge in [0.15, 0.2) is 0 Å². The van der Waals surface area contributed by atoms with Crippen LogP contribution in [0, 0.1) is 5.92 Å². The third-order valence-corrected chi connectivity index (χ3v) is 4.62. The fourth-order valence-corrected chi connectivity index (χ4v) is 3.06. The van der Waals surface area contributed by atoms with Crippen molar-refractivity contribution in [2.45, 2.75) is 32.4 Å². The second-order valence-electron chi connectivity index (χ2n) is 6.99. The number of anilines is 1. The van der Waals surface area contributed by atoms with Crippen molar-refractivity contribution in [3.63, 3.8) is 0 Å². The number of imidazole rings is 1. The maximum atomic E-state index is 12.9. The average molecular weight is 404 g/mol. The molecule has 0 atom stereocenters. The van der Waals surface area contributed by atoms with Crippen LogP contribution in [0.15, 0.2) is 36.7 Å². The molecular weight excluding hydrogens is 385 g/mol. The van der Waals surface area contributed by atoms with Gasteiger partial charge in [-0.3, -0.25) is 4.79 Å². The molecule has 3 aromatic heterocycles. The highest BCUT2D eigenvalue weighted by Gasteiger charge is 2.33. The highest BCUT2D eigenvalue weighted by Crippen LogP contribution is 2.33. The van der Waals surface area contributed by atoms with E-state index in [-0.39, 0.29) is 5.69 Å². The Labute approximate surface area is 164 Å². The summed E-state index contributed by atoms with van der Waals surface area (Å²) in [7, 11) is 0. The van der Waals surface area contributed by atoms with Crippen LogP contribution in [0.5, 0.6) is 5.75 Å². The van der Waals surface area contributed by atoms with E-state index in [4.69, 9.17) is 4.74 Å². The Kier molecular flexibility index (Phi) is 4.89. The molecule has 6 nitrogen and oxygen atoms in total. The molecule has 0 bridgehead atoms. The Morgan fingerprint density at radius 2 is 2.07 bits per heavy atom. The number of hydrogen-bond acceptors (Lipinski definition) is 4. The number of nitrogens with zero attached hydrogens (tertiary/aromatic N) is 3. The maximum Gasteiger partial charge on any atom is 0.433 e. The summed E-state index contributed by atoms with van der Waals surface area (Å²) >= 11 is 0. The van der Waals surface area contributed by atoms with Gasteiger partial charge in [-0.25, -0.2) is 9.97 Å². The Bertz CT molecular complexity index is 1060. The first-order valence-corrected chi connectivity index (χ1v) is 9.33. The Balaban J connectivity index is 1.63. The van der Waals surface area contributed by atoms with Crippen LogP contribution in [-0.2, 0) is 12.6 Å². The van der Waals surface area contributed by atoms with E-state index in [0.29, 0.717) is 29.6 Å². The first-order chi connectivity index (χ1) is 13.8. The molecule has 0 saturated heterocycles. The van der Waals surface area contributed by atoms with Crippen LogP contribution in [0.1, 0.15) is 41.6 Å². The van der Waals surface area contributed by atoms with E-state index in [0.717, 1.165) is 24.2 Å². The quantitative estimate of drug-likeness (QED) is 0.663. The van der Waals surface area contributed by atoms with Crippen molar-refractivity contribution in [3.05, 3.63) is 53.7 Å². The number of hydrogen-bond donors (Lipinski definition) is 1. The Morgan fingerprint density at radius 1 is 1.28 bits per heavy atom. The number of rotatable bonds is 6. The third-order valence-electron chi connectivity index (χ3n) is 4.62. The minimum absolute atomic E-state index is 0.331. The number of carbonyl (C=O) groups is 1. The van der Waals surface area contributed by atoms with Gasteiger partial charge in [-0.15, -0.1) is 0 Å². The number of amides is 1. The number of alkyl halides is 3. The van der Waals surface area contributed by atoms with Crippen molar-refractivity contribution in [1.82, 2.24) is 14.4 Å². The molecule has 0 unspecified atom stereocenters. The van der Waals surface area contributed by atoms with Crippen molar-refractivity contribution in [3.8, 4) is 5.75 Å². The third kappa shape index (κ3) is 4.33. The van der Waals surface area contributed by atoms with Gasteiger partial charge in [-0.2, -0.15) is 13.2 Å². The molecule has 29 heavy (non-hydrogen) atoms. The van der Waals surface area contributed by atoms with Crippen LogP contribution in [0.3, 0.4) is 0 Å². The van der Waals surface area contributed by atoms with Gasteiger partial charge in [0.25, 0.3) is 5.91 Å². The lowest BCUT2D eigenvalue weighted by molar-refractivity contribution is -0.141. The average Bonchev–Trinajstić information content (AvgIpc) is 3.40. The summed E-state index contributed by atoms with van der Waals surface area (Å²) in [5.41, 5.74) is 0.517. The molecule has 1 aliphatic rings. The molecule has 152 valence electrons. The first-order valence-electron chi connectivity index (χ1n) is 9.33. The van der Waals surface area contributed by atoms with Crippen molar-refractivity contribution < 1.29 is 22.7 Å². The van der Waals surface area contributed by atoms with Crippen molar-refractivity contribution >= 4 is 17.2 Å². The minimum atomic E-state index is -4.62. The lowest BCUT2D eigenvalue weighted by Gasteiger charge is -2.12. The van der Waals surface area contributed by atoms with E-state index in [1.54, 1.807) is 23.6 Å². The molecule has 3 heterocycles. The molecule has 4 rings (SSSR count). The maximum absolute atomic E-state index is 12.9. The zero-order valence-corrected chi connectivity index (χ0v) is 15.7. The molecule has 0 aromatic carbocycles. The van der Waals surface area contributed by atoms with E-state index in [2.05, 4.69) is 15.3 Å². The standard InChI is InChI=1S/C20H19F3N4O2/c1-2-29-16-9-18-24-13(8-12-6-7-12)10-27(18)11-15(16)26-19(28)14-4-3-5-17(25-14)20(21,22)23/h3-5,9-12H,2,6-8H2,1H3,(H,26,28). The molecule has 1 fully saturated rings. The van der Waals surface area contributed by atoms with Crippen molar-refractivity contribution in [2.24, 2.45) is 5.92 Å². The van der Waals surface area contributed by atoms with Crippen LogP contribution in [0.4, 0.5) is 18.9 Å². The Hall–Kier alpha value is -3.10. The number of fused-ring (bicyclic) bond motifs is 1. The van der Waals surface area contributed by atoms with E-state index in [9.17, 15) is 18.0 Å². The van der Waals surface area contributed by atoms with E-state index in [1.807, 2.05) is 6.20 Å². The number of halogens is 3. The van der Waals surface area contributed by atoms with Gasteiger partial charge in [-0.05, 0) is 44.2 Å². The lowest BCUT2D eigenvalue weighted by Crippen LogP contribution is -2.17. The fraction of sp³-hybridized carbons (Fsp3) is 0.350. The second-order valence-corrected chi connectivity index (χ2v) is 6.99. The summed E-state index contributed by atoms with van der Waals surface area (Å²) in [6, 6.07) is 4.91. The molecule has 3 aromatic rings. The molecular formula is C20H19F3N4O2. The molecule has 0 aliphatic heterocycles. The van der Waals surface area contributed by atoms with Crippen LogP contribution >= 0.6 is 0 Å². The van der Waals surface area contributed by atoms with Crippen LogP contribution in [-0.4, -0.2) is 26.9 Å². The zero-order valence-electron chi connectivity index (χ0n) is 15.7. The molecule has 9 heteroatoms. The fourth-order valence-electron chi connectivity index (χ4n) is 3.06. The largest absolute Gasteiger partial charge is 0.491 e. The molecule has 0 spiro atoms. The molecule has 1 N–H and O–H groups in total. The lowest BCUT2D eigenvalue weighted by atomic mass is 10.2. The normalized spacial score (nSPS) is 14.2. The molecule has 1 saturated carbocycles. The van der Waals surface area contributed by atoms with E-state index < -0.39 is 17.8 Å². The molecule has 0 radical (unpaired) electrons. The van der Waals surface area contributed by atoms with Gasteiger partial charge in [0, 0.05) is 18.5 Å². The van der Waals surface area contributed by atoms with Gasteiger partial charge in [0.05, 0.1) is 12.3 Å². The summed E-state index contributed by atoms with van der Waals surface area (Å²) in [4.78, 5) is 20.5. The van der Waals surface area contributed by atoms with E-state index >= 15 is 0 Å². The summed E-state index contributed by atoms with van der Waals surface area (Å²) < 4.78 is 46.0. The number of nitrogens with one attached hydrogen (secondary N) is 1. The number of pyridine rings is 2. The van der Waals surface area contributed by atoms with Gasteiger partial charge in [0.1, 0.15) is 28.5 Å². The first kappa shape index (κ1) is 19.2. The zero-order chi connectivity index (χ0) is 20.6. The summed E-state index contributed by atoms with van der Waals surface area (Å²) in [6.07, 6.45) is 2.24. The summed E-state index contributed by atoms with van der Waals surface area (Å²) in [5.74, 6) is 0.316. The summed E-state index contributed by atoms with van der Waals surface area (Å²) in [6.45, 7) is 2.16. The molecule has 1 aliphatic carbocycles. The topological polar surface area (TPSA) is 68.5 Å². The smallest absolute Gasteiger partial charge is 0.433 e. The second kappa shape index (κ2) is 7.38.